The second kappa shape index (κ2) is 4.61. The molecule has 3 rings (SSSR count). The topological polar surface area (TPSA) is 50.5 Å². The van der Waals surface area contributed by atoms with Crippen molar-refractivity contribution in [1.82, 2.24) is 19.5 Å². The van der Waals surface area contributed by atoms with Gasteiger partial charge in [0.15, 0.2) is 5.65 Å². The normalized spacial score (nSPS) is 16.2. The van der Waals surface area contributed by atoms with Crippen LogP contribution in [0.1, 0.15) is 16.2 Å². The van der Waals surface area contributed by atoms with Crippen LogP contribution in [0, 0.1) is 6.92 Å². The number of fused-ring (bicyclic) bond motifs is 1. The van der Waals surface area contributed by atoms with Crippen LogP contribution >= 0.6 is 11.8 Å². The Bertz CT molecular complexity index is 589. The molecule has 1 aliphatic heterocycles. The Morgan fingerprint density at radius 3 is 2.83 bits per heavy atom. The summed E-state index contributed by atoms with van der Waals surface area (Å²) in [6.07, 6.45) is 1.83. The number of hydrogen-bond acceptors (Lipinski definition) is 4. The number of amides is 1. The van der Waals surface area contributed by atoms with Gasteiger partial charge in [0.1, 0.15) is 5.82 Å². The quantitative estimate of drug-likeness (QED) is 0.775. The molecule has 3 heterocycles. The fourth-order valence-corrected chi connectivity index (χ4v) is 2.98. The van der Waals surface area contributed by atoms with Crippen LogP contribution in [0.25, 0.3) is 5.65 Å². The minimum absolute atomic E-state index is 0.102. The Kier molecular flexibility index (Phi) is 2.95. The van der Waals surface area contributed by atoms with Crippen molar-refractivity contribution in [2.45, 2.75) is 6.92 Å². The molecule has 0 bridgehead atoms. The summed E-state index contributed by atoms with van der Waals surface area (Å²) in [5.74, 6) is 2.96. The van der Waals surface area contributed by atoms with Gasteiger partial charge in [0.05, 0.1) is 5.56 Å². The number of nitrogens with zero attached hydrogens (tertiary/aromatic N) is 4. The molecule has 1 fully saturated rings. The third-order valence-electron chi connectivity index (χ3n) is 3.12. The SMILES string of the molecule is Cc1nnc2ccc(C(=O)N3CCSCC3)cn12. The average Bonchev–Trinajstić information content (AvgIpc) is 2.80. The molecular formula is C12H14N4OS. The lowest BCUT2D eigenvalue weighted by atomic mass is 10.2. The largest absolute Gasteiger partial charge is 0.337 e. The predicted octanol–water partition coefficient (Wildman–Crippen LogP) is 1.23. The lowest BCUT2D eigenvalue weighted by Crippen LogP contribution is -2.37. The molecule has 0 unspecified atom stereocenters. The zero-order valence-electron chi connectivity index (χ0n) is 10.2. The van der Waals surface area contributed by atoms with E-state index in [1.54, 1.807) is 0 Å². The Morgan fingerprint density at radius 2 is 2.06 bits per heavy atom. The maximum Gasteiger partial charge on any atom is 0.255 e. The highest BCUT2D eigenvalue weighted by Gasteiger charge is 2.19. The van der Waals surface area contributed by atoms with E-state index in [0.717, 1.165) is 36.1 Å². The van der Waals surface area contributed by atoms with Crippen LogP contribution in [-0.4, -0.2) is 50.0 Å². The molecule has 0 N–H and O–H groups in total. The van der Waals surface area contributed by atoms with Crippen molar-refractivity contribution in [1.29, 1.82) is 0 Å². The van der Waals surface area contributed by atoms with E-state index in [-0.39, 0.29) is 5.91 Å². The summed E-state index contributed by atoms with van der Waals surface area (Å²) in [6, 6.07) is 3.67. The molecule has 1 aliphatic rings. The summed E-state index contributed by atoms with van der Waals surface area (Å²) in [6.45, 7) is 3.55. The van der Waals surface area contributed by atoms with Gasteiger partial charge in [0.2, 0.25) is 0 Å². The van der Waals surface area contributed by atoms with E-state index in [2.05, 4.69) is 10.2 Å². The van der Waals surface area contributed by atoms with E-state index in [1.165, 1.54) is 0 Å². The van der Waals surface area contributed by atoms with Crippen LogP contribution < -0.4 is 0 Å². The lowest BCUT2D eigenvalue weighted by molar-refractivity contribution is 0.0772. The lowest BCUT2D eigenvalue weighted by Gasteiger charge is -2.26. The molecule has 18 heavy (non-hydrogen) atoms. The summed E-state index contributed by atoms with van der Waals surface area (Å²) in [5.41, 5.74) is 1.48. The molecule has 94 valence electrons. The van der Waals surface area contributed by atoms with Gasteiger partial charge >= 0.3 is 0 Å². The van der Waals surface area contributed by atoms with E-state index in [0.29, 0.717) is 5.56 Å². The molecular weight excluding hydrogens is 248 g/mol. The Labute approximate surface area is 109 Å². The molecule has 0 atom stereocenters. The first-order chi connectivity index (χ1) is 8.75. The molecule has 0 spiro atoms. The first-order valence-electron chi connectivity index (χ1n) is 5.94. The van der Waals surface area contributed by atoms with E-state index >= 15 is 0 Å². The van der Waals surface area contributed by atoms with Gasteiger partial charge in [-0.25, -0.2) is 0 Å². The minimum Gasteiger partial charge on any atom is -0.337 e. The monoisotopic (exact) mass is 262 g/mol. The summed E-state index contributed by atoms with van der Waals surface area (Å²) >= 11 is 1.90. The average molecular weight is 262 g/mol. The summed E-state index contributed by atoms with van der Waals surface area (Å²) in [4.78, 5) is 14.3. The first kappa shape index (κ1) is 11.5. The molecule has 6 heteroatoms. The van der Waals surface area contributed by atoms with Gasteiger partial charge in [-0.05, 0) is 19.1 Å². The third kappa shape index (κ3) is 1.96. The summed E-state index contributed by atoms with van der Waals surface area (Å²) in [7, 11) is 0. The molecule has 0 saturated carbocycles. The van der Waals surface area contributed by atoms with Crippen molar-refractivity contribution in [3.8, 4) is 0 Å². The predicted molar refractivity (Wildman–Crippen MR) is 71.0 cm³/mol. The van der Waals surface area contributed by atoms with E-state index in [9.17, 15) is 4.79 Å². The second-order valence-electron chi connectivity index (χ2n) is 4.30. The highest BCUT2D eigenvalue weighted by atomic mass is 32.2. The molecule has 5 nitrogen and oxygen atoms in total. The van der Waals surface area contributed by atoms with Crippen LogP contribution in [0.4, 0.5) is 0 Å². The third-order valence-corrected chi connectivity index (χ3v) is 4.06. The molecule has 1 saturated heterocycles. The van der Waals surface area contributed by atoms with Crippen LogP contribution in [-0.2, 0) is 0 Å². The van der Waals surface area contributed by atoms with Crippen LogP contribution in [0.5, 0.6) is 0 Å². The number of carbonyl (C=O) groups is 1. The number of rotatable bonds is 1. The van der Waals surface area contributed by atoms with Crippen molar-refractivity contribution in [2.24, 2.45) is 0 Å². The Balaban J connectivity index is 1.93. The number of pyridine rings is 1. The van der Waals surface area contributed by atoms with Gasteiger partial charge in [-0.1, -0.05) is 0 Å². The minimum atomic E-state index is 0.102. The Morgan fingerprint density at radius 1 is 1.28 bits per heavy atom. The fraction of sp³-hybridized carbons (Fsp3) is 0.417. The van der Waals surface area contributed by atoms with Crippen LogP contribution in [0.3, 0.4) is 0 Å². The molecule has 2 aromatic rings. The highest BCUT2D eigenvalue weighted by molar-refractivity contribution is 7.99. The highest BCUT2D eigenvalue weighted by Crippen LogP contribution is 2.14. The smallest absolute Gasteiger partial charge is 0.255 e. The summed E-state index contributed by atoms with van der Waals surface area (Å²) in [5, 5.41) is 8.01. The molecule has 1 amide bonds. The van der Waals surface area contributed by atoms with Gasteiger partial charge in [-0.3, -0.25) is 9.20 Å². The first-order valence-corrected chi connectivity index (χ1v) is 7.09. The van der Waals surface area contributed by atoms with E-state index in [4.69, 9.17) is 0 Å². The van der Waals surface area contributed by atoms with Crippen molar-refractivity contribution >= 4 is 23.3 Å². The number of aromatic nitrogens is 3. The zero-order chi connectivity index (χ0) is 12.5. The number of thioether (sulfide) groups is 1. The van der Waals surface area contributed by atoms with Crippen molar-refractivity contribution in [3.63, 3.8) is 0 Å². The molecule has 0 aromatic carbocycles. The van der Waals surface area contributed by atoms with Crippen molar-refractivity contribution in [3.05, 3.63) is 29.7 Å². The number of aryl methyl sites for hydroxylation is 1. The molecule has 0 radical (unpaired) electrons. The van der Waals surface area contributed by atoms with E-state index < -0.39 is 0 Å². The van der Waals surface area contributed by atoms with Gasteiger partial charge in [0, 0.05) is 30.8 Å². The van der Waals surface area contributed by atoms with Crippen molar-refractivity contribution in [2.75, 3.05) is 24.6 Å². The second-order valence-corrected chi connectivity index (χ2v) is 5.52. The van der Waals surface area contributed by atoms with Crippen LogP contribution in [0.2, 0.25) is 0 Å². The van der Waals surface area contributed by atoms with Gasteiger partial charge < -0.3 is 4.90 Å². The Hall–Kier alpha value is -1.56. The van der Waals surface area contributed by atoms with Crippen LogP contribution in [0.15, 0.2) is 18.3 Å². The van der Waals surface area contributed by atoms with Gasteiger partial charge in [-0.2, -0.15) is 11.8 Å². The van der Waals surface area contributed by atoms with Crippen molar-refractivity contribution < 1.29 is 4.79 Å². The number of hydrogen-bond donors (Lipinski definition) is 0. The zero-order valence-corrected chi connectivity index (χ0v) is 11.0. The number of carbonyl (C=O) groups excluding carboxylic acids is 1. The van der Waals surface area contributed by atoms with Gasteiger partial charge in [-0.15, -0.1) is 10.2 Å². The maximum absolute atomic E-state index is 12.3. The fourth-order valence-electron chi connectivity index (χ4n) is 2.08. The maximum atomic E-state index is 12.3. The molecule has 2 aromatic heterocycles. The standard InChI is InChI=1S/C12H14N4OS/c1-9-13-14-11-3-2-10(8-16(9)11)12(17)15-4-6-18-7-5-15/h2-3,8H,4-7H2,1H3. The van der Waals surface area contributed by atoms with Gasteiger partial charge in [0.25, 0.3) is 5.91 Å². The summed E-state index contributed by atoms with van der Waals surface area (Å²) < 4.78 is 1.85. The molecule has 0 aliphatic carbocycles. The van der Waals surface area contributed by atoms with E-state index in [1.807, 2.05) is 46.3 Å².